The lowest BCUT2D eigenvalue weighted by atomic mass is 10.1. The van der Waals surface area contributed by atoms with Gasteiger partial charge >= 0.3 is 12.0 Å². The van der Waals surface area contributed by atoms with Crippen molar-refractivity contribution in [2.24, 2.45) is 5.73 Å². The monoisotopic (exact) mass is 542 g/mol. The van der Waals surface area contributed by atoms with Crippen LogP contribution < -0.4 is 10.6 Å². The van der Waals surface area contributed by atoms with E-state index in [-0.39, 0.29) is 11.3 Å². The number of rotatable bonds is 2. The van der Waals surface area contributed by atoms with E-state index < -0.39 is 21.7 Å². The first-order chi connectivity index (χ1) is 10.0. The van der Waals surface area contributed by atoms with Crippen molar-refractivity contribution >= 4 is 96.9 Å². The number of ether oxygens (including phenoxy) is 1. The van der Waals surface area contributed by atoms with Crippen LogP contribution in [0, 0.1) is 3.57 Å². The van der Waals surface area contributed by atoms with Crippen LogP contribution in [0.5, 0.6) is 0 Å². The van der Waals surface area contributed by atoms with Gasteiger partial charge in [-0.05, 0) is 50.7 Å². The van der Waals surface area contributed by atoms with E-state index in [1.165, 1.54) is 12.1 Å². The van der Waals surface area contributed by atoms with Gasteiger partial charge in [-0.1, -0.05) is 34.8 Å². The lowest BCUT2D eigenvalue weighted by Gasteiger charge is -2.24. The number of carbonyl (C=O) groups is 3. The molecule has 1 rings (SSSR count). The van der Waals surface area contributed by atoms with Crippen LogP contribution in [-0.2, 0) is 9.53 Å². The second-order valence-electron chi connectivity index (χ2n) is 3.75. The Hall–Kier alpha value is -0.290. The van der Waals surface area contributed by atoms with Crippen LogP contribution in [0.2, 0.25) is 0 Å². The summed E-state index contributed by atoms with van der Waals surface area (Å²) in [6.45, 7) is 0. The number of nitrogens with zero attached hydrogens (tertiary/aromatic N) is 1. The van der Waals surface area contributed by atoms with Gasteiger partial charge < -0.3 is 10.5 Å². The Balaban J connectivity index is 3.62. The van der Waals surface area contributed by atoms with Crippen molar-refractivity contribution in [1.82, 2.24) is 0 Å². The largest absolute Gasteiger partial charge is 0.465 e. The average molecular weight is 544 g/mol. The molecular formula is C11H7BrCl3IN2O4. The first-order valence-electron chi connectivity index (χ1n) is 5.28. The normalized spacial score (nSPS) is 11.0. The molecule has 0 aromatic heterocycles. The minimum Gasteiger partial charge on any atom is -0.465 e. The van der Waals surface area contributed by atoms with Crippen LogP contribution in [0.3, 0.4) is 0 Å². The van der Waals surface area contributed by atoms with Gasteiger partial charge in [-0.15, -0.1) is 0 Å². The molecule has 1 aromatic carbocycles. The molecule has 0 aliphatic heterocycles. The highest BCUT2D eigenvalue weighted by atomic mass is 127. The van der Waals surface area contributed by atoms with E-state index in [1.807, 2.05) is 22.6 Å². The third kappa shape index (κ3) is 4.38. The summed E-state index contributed by atoms with van der Waals surface area (Å²) in [5, 5.41) is 0. The van der Waals surface area contributed by atoms with Gasteiger partial charge in [-0.3, -0.25) is 4.79 Å². The van der Waals surface area contributed by atoms with Gasteiger partial charge in [0.15, 0.2) is 0 Å². The Kier molecular flexibility index (Phi) is 6.75. The Morgan fingerprint density at radius 2 is 1.86 bits per heavy atom. The number of hydrogen-bond donors (Lipinski definition) is 1. The number of benzene rings is 1. The van der Waals surface area contributed by atoms with Crippen LogP contribution in [0.4, 0.5) is 10.5 Å². The molecule has 0 heterocycles. The van der Waals surface area contributed by atoms with E-state index in [2.05, 4.69) is 20.7 Å². The molecule has 22 heavy (non-hydrogen) atoms. The third-order valence-electron chi connectivity index (χ3n) is 2.35. The summed E-state index contributed by atoms with van der Waals surface area (Å²) in [5.41, 5.74) is 4.94. The van der Waals surface area contributed by atoms with Crippen LogP contribution in [0.25, 0.3) is 0 Å². The first-order valence-corrected chi connectivity index (χ1v) is 8.29. The number of amides is 3. The molecule has 11 heteroatoms. The van der Waals surface area contributed by atoms with Crippen LogP contribution in [0.15, 0.2) is 16.6 Å². The summed E-state index contributed by atoms with van der Waals surface area (Å²) in [6.07, 6.45) is 0. The van der Waals surface area contributed by atoms with E-state index in [0.717, 1.165) is 7.11 Å². The van der Waals surface area contributed by atoms with Gasteiger partial charge in [-0.25, -0.2) is 14.5 Å². The minimum absolute atomic E-state index is 0.0866. The molecule has 0 atom stereocenters. The lowest BCUT2D eigenvalue weighted by molar-refractivity contribution is -0.117. The summed E-state index contributed by atoms with van der Waals surface area (Å²) >= 11 is 21.7. The molecule has 2 N–H and O–H groups in total. The standard InChI is InChI=1S/C11H7BrCl3IN2O4/c1-22-8(19)4-2-6(16)5(12)3-7(4)18(10(17)21)9(20)11(13,14)15/h2-3H,1H3,(H2,17,21). The Morgan fingerprint density at radius 3 is 2.27 bits per heavy atom. The number of alkyl halides is 3. The molecule has 120 valence electrons. The molecule has 0 aliphatic rings. The fraction of sp³-hybridized carbons (Fsp3) is 0.182. The number of anilines is 1. The van der Waals surface area contributed by atoms with Crippen LogP contribution in [0.1, 0.15) is 10.4 Å². The number of imide groups is 1. The summed E-state index contributed by atoms with van der Waals surface area (Å²) in [4.78, 5) is 36.0. The number of methoxy groups -OCH3 is 1. The van der Waals surface area contributed by atoms with E-state index in [1.54, 1.807) is 0 Å². The van der Waals surface area contributed by atoms with Gasteiger partial charge in [0.25, 0.3) is 9.70 Å². The zero-order valence-electron chi connectivity index (χ0n) is 10.7. The van der Waals surface area contributed by atoms with Gasteiger partial charge in [0, 0.05) is 8.04 Å². The first kappa shape index (κ1) is 19.8. The number of halogens is 5. The topological polar surface area (TPSA) is 89.7 Å². The maximum atomic E-state index is 12.1. The molecule has 0 saturated heterocycles. The number of hydrogen-bond acceptors (Lipinski definition) is 4. The molecule has 0 bridgehead atoms. The predicted molar refractivity (Wildman–Crippen MR) is 95.6 cm³/mol. The van der Waals surface area contributed by atoms with Crippen molar-refractivity contribution in [2.45, 2.75) is 3.79 Å². The molecule has 0 saturated carbocycles. The number of urea groups is 1. The highest BCUT2D eigenvalue weighted by Gasteiger charge is 2.40. The molecule has 0 aliphatic carbocycles. The highest BCUT2D eigenvalue weighted by Crippen LogP contribution is 2.35. The summed E-state index contributed by atoms with van der Waals surface area (Å²) in [5.74, 6) is -2.01. The molecule has 3 amide bonds. The quantitative estimate of drug-likeness (QED) is 0.350. The van der Waals surface area contributed by atoms with Crippen molar-refractivity contribution in [3.63, 3.8) is 0 Å². The maximum Gasteiger partial charge on any atom is 0.340 e. The van der Waals surface area contributed by atoms with Gasteiger partial charge in [-0.2, -0.15) is 0 Å². The maximum absolute atomic E-state index is 12.1. The molecule has 6 nitrogen and oxygen atoms in total. The fourth-order valence-corrected chi connectivity index (χ4v) is 2.50. The minimum atomic E-state index is -2.43. The van der Waals surface area contributed by atoms with Crippen molar-refractivity contribution < 1.29 is 19.1 Å². The van der Waals surface area contributed by atoms with E-state index in [9.17, 15) is 14.4 Å². The van der Waals surface area contributed by atoms with E-state index >= 15 is 0 Å². The molecule has 0 radical (unpaired) electrons. The summed E-state index contributed by atoms with van der Waals surface area (Å²) < 4.78 is 3.32. The molecule has 0 fully saturated rings. The number of esters is 1. The predicted octanol–water partition coefficient (Wildman–Crippen LogP) is 3.62. The zero-order valence-corrected chi connectivity index (χ0v) is 16.7. The molecular weight excluding hydrogens is 537 g/mol. The highest BCUT2D eigenvalue weighted by molar-refractivity contribution is 14.1. The van der Waals surface area contributed by atoms with Crippen molar-refractivity contribution in [2.75, 3.05) is 12.0 Å². The van der Waals surface area contributed by atoms with Crippen LogP contribution in [-0.4, -0.2) is 28.8 Å². The molecule has 1 aromatic rings. The molecule has 0 spiro atoms. The summed E-state index contributed by atoms with van der Waals surface area (Å²) in [7, 11) is 1.15. The van der Waals surface area contributed by atoms with Crippen molar-refractivity contribution in [1.29, 1.82) is 0 Å². The smallest absolute Gasteiger partial charge is 0.340 e. The van der Waals surface area contributed by atoms with E-state index in [4.69, 9.17) is 40.5 Å². The zero-order chi connectivity index (χ0) is 17.2. The number of carbonyl (C=O) groups excluding carboxylic acids is 3. The second-order valence-corrected chi connectivity index (χ2v) is 8.05. The second kappa shape index (κ2) is 7.52. The van der Waals surface area contributed by atoms with E-state index in [0.29, 0.717) is 12.9 Å². The number of primary amides is 1. The van der Waals surface area contributed by atoms with Gasteiger partial charge in [0.2, 0.25) is 0 Å². The Labute approximate surface area is 162 Å². The Bertz CT molecular complexity index is 651. The summed E-state index contributed by atoms with van der Waals surface area (Å²) in [6, 6.07) is 1.51. The van der Waals surface area contributed by atoms with Crippen LogP contribution >= 0.6 is 73.3 Å². The lowest BCUT2D eigenvalue weighted by Crippen LogP contribution is -2.47. The number of nitrogens with two attached hydrogens (primary N) is 1. The van der Waals surface area contributed by atoms with Crippen molar-refractivity contribution in [3.05, 3.63) is 25.7 Å². The molecule has 0 unspecified atom stereocenters. The average Bonchev–Trinajstić information content (AvgIpc) is 2.40. The van der Waals surface area contributed by atoms with Crippen molar-refractivity contribution in [3.8, 4) is 0 Å². The fourth-order valence-electron chi connectivity index (χ4n) is 1.45. The Morgan fingerprint density at radius 1 is 1.32 bits per heavy atom. The third-order valence-corrected chi connectivity index (χ3v) is 5.13. The SMILES string of the molecule is COC(=O)c1cc(I)c(Br)cc1N(C(N)=O)C(=O)C(Cl)(Cl)Cl. The van der Waals surface area contributed by atoms with Gasteiger partial charge in [0.05, 0.1) is 18.4 Å². The van der Waals surface area contributed by atoms with Gasteiger partial charge in [0.1, 0.15) is 0 Å².